The van der Waals surface area contributed by atoms with E-state index < -0.39 is 0 Å². The second-order valence-electron chi connectivity index (χ2n) is 6.33. The molecule has 1 aromatic rings. The smallest absolute Gasteiger partial charge is 0.224 e. The predicted molar refractivity (Wildman–Crippen MR) is 87.2 cm³/mol. The summed E-state index contributed by atoms with van der Waals surface area (Å²) in [5.74, 6) is -0.353. The first kappa shape index (κ1) is 16.5. The number of amides is 2. The lowest BCUT2D eigenvalue weighted by atomic mass is 9.71. The number of nitrogens with two attached hydrogens (primary N) is 2. The van der Waals surface area contributed by atoms with Gasteiger partial charge in [0.05, 0.1) is 6.42 Å². The molecule has 0 unspecified atom stereocenters. The van der Waals surface area contributed by atoms with Gasteiger partial charge in [-0.25, -0.2) is 0 Å². The second kappa shape index (κ2) is 7.40. The van der Waals surface area contributed by atoms with Crippen molar-refractivity contribution in [3.8, 4) is 0 Å². The first-order valence-corrected chi connectivity index (χ1v) is 7.90. The molecule has 0 atom stereocenters. The van der Waals surface area contributed by atoms with Crippen molar-refractivity contribution in [2.45, 2.75) is 44.9 Å². The van der Waals surface area contributed by atoms with E-state index in [0.717, 1.165) is 36.9 Å². The maximum Gasteiger partial charge on any atom is 0.224 e. The fraction of sp³-hybridized carbons (Fsp3) is 0.529. The number of rotatable bonds is 6. The molecule has 0 heterocycles. The third kappa shape index (κ3) is 4.56. The molecule has 1 aliphatic carbocycles. The van der Waals surface area contributed by atoms with Crippen molar-refractivity contribution >= 4 is 17.5 Å². The number of hydrogen-bond acceptors (Lipinski definition) is 3. The van der Waals surface area contributed by atoms with Crippen LogP contribution in [0.15, 0.2) is 24.3 Å². The molecule has 22 heavy (non-hydrogen) atoms. The number of hydrogen-bond donors (Lipinski definition) is 3. The average molecular weight is 303 g/mol. The Hall–Kier alpha value is -1.88. The second-order valence-corrected chi connectivity index (χ2v) is 6.33. The maximum atomic E-state index is 12.3. The number of nitrogens with one attached hydrogen (secondary N) is 1. The lowest BCUT2D eigenvalue weighted by Crippen LogP contribution is -2.36. The number of primary amides is 1. The van der Waals surface area contributed by atoms with Crippen molar-refractivity contribution in [3.63, 3.8) is 0 Å². The van der Waals surface area contributed by atoms with Gasteiger partial charge in [-0.15, -0.1) is 0 Å². The summed E-state index contributed by atoms with van der Waals surface area (Å²) in [4.78, 5) is 23.1. The Bertz CT molecular complexity index is 519. The summed E-state index contributed by atoms with van der Waals surface area (Å²) in [6.07, 6.45) is 6.32. The number of carbonyl (C=O) groups is 2. The summed E-state index contributed by atoms with van der Waals surface area (Å²) in [5, 5.41) is 2.92. The van der Waals surface area contributed by atoms with Crippen LogP contribution >= 0.6 is 0 Å². The molecule has 0 spiro atoms. The Kier molecular flexibility index (Phi) is 5.55. The quantitative estimate of drug-likeness (QED) is 0.749. The van der Waals surface area contributed by atoms with Gasteiger partial charge in [-0.1, -0.05) is 31.4 Å². The highest BCUT2D eigenvalue weighted by atomic mass is 16.1. The summed E-state index contributed by atoms with van der Waals surface area (Å²) >= 11 is 0. The van der Waals surface area contributed by atoms with E-state index in [-0.39, 0.29) is 23.7 Å². The predicted octanol–water partition coefficient (Wildman–Crippen LogP) is 1.95. The van der Waals surface area contributed by atoms with Crippen LogP contribution in [-0.4, -0.2) is 18.4 Å². The zero-order valence-electron chi connectivity index (χ0n) is 12.9. The van der Waals surface area contributed by atoms with Gasteiger partial charge in [-0.3, -0.25) is 9.59 Å². The van der Waals surface area contributed by atoms with Crippen LogP contribution in [0.1, 0.15) is 44.1 Å². The van der Waals surface area contributed by atoms with Gasteiger partial charge in [0.1, 0.15) is 0 Å². The van der Waals surface area contributed by atoms with Gasteiger partial charge in [-0.2, -0.15) is 0 Å². The largest absolute Gasteiger partial charge is 0.369 e. The van der Waals surface area contributed by atoms with Gasteiger partial charge < -0.3 is 16.8 Å². The molecule has 2 amide bonds. The van der Waals surface area contributed by atoms with Crippen LogP contribution in [0, 0.1) is 5.41 Å². The van der Waals surface area contributed by atoms with E-state index in [0.29, 0.717) is 13.0 Å². The van der Waals surface area contributed by atoms with Gasteiger partial charge in [0.15, 0.2) is 0 Å². The first-order valence-electron chi connectivity index (χ1n) is 7.90. The molecular formula is C17H25N3O2. The van der Waals surface area contributed by atoms with Gasteiger partial charge in [0.2, 0.25) is 11.8 Å². The molecule has 5 heteroatoms. The maximum absolute atomic E-state index is 12.3. The number of benzene rings is 1. The molecule has 0 radical (unpaired) electrons. The molecule has 0 bridgehead atoms. The monoisotopic (exact) mass is 303 g/mol. The van der Waals surface area contributed by atoms with E-state index in [1.165, 1.54) is 6.42 Å². The number of carbonyl (C=O) groups excluding carboxylic acids is 2. The van der Waals surface area contributed by atoms with Gasteiger partial charge in [-0.05, 0) is 42.5 Å². The Morgan fingerprint density at radius 1 is 1.09 bits per heavy atom. The summed E-state index contributed by atoms with van der Waals surface area (Å²) < 4.78 is 0. The third-order valence-electron chi connectivity index (χ3n) is 4.50. The highest BCUT2D eigenvalue weighted by molar-refractivity contribution is 5.91. The van der Waals surface area contributed by atoms with E-state index in [1.807, 2.05) is 0 Å². The van der Waals surface area contributed by atoms with Crippen molar-refractivity contribution in [2.24, 2.45) is 16.9 Å². The fourth-order valence-electron chi connectivity index (χ4n) is 3.21. The van der Waals surface area contributed by atoms with Crippen LogP contribution in [0.2, 0.25) is 0 Å². The van der Waals surface area contributed by atoms with Crippen molar-refractivity contribution in [1.82, 2.24) is 0 Å². The minimum Gasteiger partial charge on any atom is -0.369 e. The van der Waals surface area contributed by atoms with Crippen LogP contribution in [0.4, 0.5) is 5.69 Å². The third-order valence-corrected chi connectivity index (χ3v) is 4.50. The van der Waals surface area contributed by atoms with Crippen molar-refractivity contribution < 1.29 is 9.59 Å². The normalized spacial score (nSPS) is 17.0. The Morgan fingerprint density at radius 3 is 2.27 bits per heavy atom. The van der Waals surface area contributed by atoms with E-state index in [2.05, 4.69) is 5.32 Å². The van der Waals surface area contributed by atoms with Crippen LogP contribution < -0.4 is 16.8 Å². The van der Waals surface area contributed by atoms with E-state index in [1.54, 1.807) is 24.3 Å². The molecule has 0 saturated heterocycles. The Labute approximate surface area is 131 Å². The van der Waals surface area contributed by atoms with Gasteiger partial charge >= 0.3 is 0 Å². The fourth-order valence-corrected chi connectivity index (χ4v) is 3.21. The van der Waals surface area contributed by atoms with Crippen LogP contribution in [0.3, 0.4) is 0 Å². The highest BCUT2D eigenvalue weighted by Gasteiger charge is 2.32. The summed E-state index contributed by atoms with van der Waals surface area (Å²) in [6.45, 7) is 0.567. The lowest BCUT2D eigenvalue weighted by molar-refractivity contribution is -0.119. The minimum absolute atomic E-state index is 0.00926. The molecule has 0 aliphatic heterocycles. The summed E-state index contributed by atoms with van der Waals surface area (Å²) in [5.41, 5.74) is 12.6. The number of anilines is 1. The minimum atomic E-state index is -0.362. The van der Waals surface area contributed by atoms with Crippen molar-refractivity contribution in [3.05, 3.63) is 29.8 Å². The van der Waals surface area contributed by atoms with E-state index in [4.69, 9.17) is 11.5 Å². The van der Waals surface area contributed by atoms with E-state index >= 15 is 0 Å². The Morgan fingerprint density at radius 2 is 1.73 bits per heavy atom. The zero-order valence-corrected chi connectivity index (χ0v) is 12.9. The average Bonchev–Trinajstić information content (AvgIpc) is 2.49. The molecule has 2 rings (SSSR count). The van der Waals surface area contributed by atoms with Crippen LogP contribution in [0.25, 0.3) is 0 Å². The molecule has 1 fully saturated rings. The van der Waals surface area contributed by atoms with Crippen LogP contribution in [-0.2, 0) is 16.0 Å². The molecule has 5 nitrogen and oxygen atoms in total. The highest BCUT2D eigenvalue weighted by Crippen LogP contribution is 2.38. The molecular weight excluding hydrogens is 278 g/mol. The standard InChI is InChI=1S/C17H25N3O2/c18-12-17(8-2-1-3-9-17)11-16(22)20-14-6-4-13(5-7-14)10-15(19)21/h4-7H,1-3,8-12,18H2,(H2,19,21)(H,20,22). The summed E-state index contributed by atoms with van der Waals surface area (Å²) in [7, 11) is 0. The zero-order chi connectivity index (χ0) is 16.0. The molecule has 1 saturated carbocycles. The lowest BCUT2D eigenvalue weighted by Gasteiger charge is -2.35. The summed E-state index contributed by atoms with van der Waals surface area (Å²) in [6, 6.07) is 7.21. The SMILES string of the molecule is NCC1(CC(=O)Nc2ccc(CC(N)=O)cc2)CCCCC1. The molecule has 0 aromatic heterocycles. The van der Waals surface area contributed by atoms with E-state index in [9.17, 15) is 9.59 Å². The molecule has 1 aromatic carbocycles. The molecule has 5 N–H and O–H groups in total. The van der Waals surface area contributed by atoms with Gasteiger partial charge in [0.25, 0.3) is 0 Å². The van der Waals surface area contributed by atoms with Crippen molar-refractivity contribution in [1.29, 1.82) is 0 Å². The van der Waals surface area contributed by atoms with Crippen molar-refractivity contribution in [2.75, 3.05) is 11.9 Å². The van der Waals surface area contributed by atoms with Crippen LogP contribution in [0.5, 0.6) is 0 Å². The Balaban J connectivity index is 1.92. The molecule has 120 valence electrons. The van der Waals surface area contributed by atoms with Gasteiger partial charge in [0, 0.05) is 12.1 Å². The topological polar surface area (TPSA) is 98.2 Å². The molecule has 1 aliphatic rings. The first-order chi connectivity index (χ1) is 10.5.